The van der Waals surface area contributed by atoms with Gasteiger partial charge in [0.25, 0.3) is 0 Å². The topological polar surface area (TPSA) is 76.0 Å². The van der Waals surface area contributed by atoms with E-state index in [-0.39, 0.29) is 11.4 Å². The summed E-state index contributed by atoms with van der Waals surface area (Å²) in [5, 5.41) is 12.4. The highest BCUT2D eigenvalue weighted by Gasteiger charge is 2.18. The van der Waals surface area contributed by atoms with Crippen molar-refractivity contribution in [1.82, 2.24) is 4.98 Å². The second kappa shape index (κ2) is 8.54. The molecule has 0 radical (unpaired) electrons. The normalized spacial score (nSPS) is 10.9. The lowest BCUT2D eigenvalue weighted by molar-refractivity contribution is -0.829. The van der Waals surface area contributed by atoms with Gasteiger partial charge in [-0.05, 0) is 36.4 Å². The third-order valence-corrected chi connectivity index (χ3v) is 5.53. The van der Waals surface area contributed by atoms with Crippen molar-refractivity contribution in [3.63, 3.8) is 0 Å². The SMILES string of the molecule is CO[NH2+]c1ccccc1-c1ccc(-c2nc(-c3ccc(F)cc3)cs2)cc1C(=O)O. The standard InChI is InChI=1S/C23H17FN2O3S/c1-29-26-20-5-3-2-4-18(20)17-11-8-15(12-19(17)23(27)28)22-25-21(13-30-22)14-6-9-16(24)10-7-14/h2-13,26H,1H3,(H,27,28)/p+1. The molecule has 0 saturated heterocycles. The third-order valence-electron chi connectivity index (χ3n) is 4.64. The molecule has 0 spiro atoms. The van der Waals surface area contributed by atoms with Crippen LogP contribution in [0.4, 0.5) is 10.1 Å². The number of carbonyl (C=O) groups is 1. The number of nitrogens with two attached hydrogens (primary N) is 1. The van der Waals surface area contributed by atoms with Gasteiger partial charge in [-0.2, -0.15) is 5.48 Å². The molecule has 0 atom stereocenters. The van der Waals surface area contributed by atoms with Crippen LogP contribution in [0, 0.1) is 5.82 Å². The second-order valence-corrected chi connectivity index (χ2v) is 7.41. The van der Waals surface area contributed by atoms with Gasteiger partial charge >= 0.3 is 5.97 Å². The summed E-state index contributed by atoms with van der Waals surface area (Å²) in [6, 6.07) is 18.9. The number of nitrogens with zero attached hydrogens (tertiary/aromatic N) is 1. The zero-order valence-electron chi connectivity index (χ0n) is 16.0. The Bertz CT molecular complexity index is 1210. The quantitative estimate of drug-likeness (QED) is 0.348. The molecule has 30 heavy (non-hydrogen) atoms. The largest absolute Gasteiger partial charge is 0.478 e. The minimum absolute atomic E-state index is 0.183. The first-order valence-electron chi connectivity index (χ1n) is 9.11. The van der Waals surface area contributed by atoms with Crippen LogP contribution in [-0.2, 0) is 4.84 Å². The monoisotopic (exact) mass is 421 g/mol. The summed E-state index contributed by atoms with van der Waals surface area (Å²) in [6.45, 7) is 0. The molecule has 4 rings (SSSR count). The summed E-state index contributed by atoms with van der Waals surface area (Å²) in [5.41, 5.74) is 6.17. The van der Waals surface area contributed by atoms with E-state index >= 15 is 0 Å². The summed E-state index contributed by atoms with van der Waals surface area (Å²) in [6.07, 6.45) is 0. The Labute approximate surface area is 176 Å². The molecule has 0 unspecified atom stereocenters. The maximum absolute atomic E-state index is 13.2. The van der Waals surface area contributed by atoms with Crippen molar-refractivity contribution in [2.45, 2.75) is 0 Å². The molecule has 1 aromatic heterocycles. The molecule has 0 amide bonds. The fourth-order valence-corrected chi connectivity index (χ4v) is 4.05. The van der Waals surface area contributed by atoms with Crippen LogP contribution in [0.15, 0.2) is 72.1 Å². The van der Waals surface area contributed by atoms with E-state index in [4.69, 9.17) is 4.84 Å². The molecule has 1 heterocycles. The summed E-state index contributed by atoms with van der Waals surface area (Å²) < 4.78 is 13.2. The Morgan fingerprint density at radius 2 is 1.77 bits per heavy atom. The van der Waals surface area contributed by atoms with Gasteiger partial charge < -0.3 is 5.11 Å². The molecule has 0 bridgehead atoms. The summed E-state index contributed by atoms with van der Waals surface area (Å²) in [5.74, 6) is -1.32. The lowest BCUT2D eigenvalue weighted by Gasteiger charge is -2.10. The van der Waals surface area contributed by atoms with Crippen LogP contribution >= 0.6 is 11.3 Å². The van der Waals surface area contributed by atoms with Crippen molar-refractivity contribution in [2.75, 3.05) is 7.11 Å². The molecule has 0 aliphatic carbocycles. The van der Waals surface area contributed by atoms with E-state index in [1.807, 2.05) is 35.7 Å². The smallest absolute Gasteiger partial charge is 0.336 e. The summed E-state index contributed by atoms with van der Waals surface area (Å²) in [4.78, 5) is 21.8. The number of hydrogen-bond acceptors (Lipinski definition) is 4. The lowest BCUT2D eigenvalue weighted by atomic mass is 9.96. The number of hydrogen-bond donors (Lipinski definition) is 2. The molecule has 0 fully saturated rings. The Balaban J connectivity index is 1.75. The van der Waals surface area contributed by atoms with Gasteiger partial charge in [0.1, 0.15) is 10.8 Å². The van der Waals surface area contributed by atoms with Gasteiger partial charge in [0.15, 0.2) is 5.69 Å². The van der Waals surface area contributed by atoms with Crippen LogP contribution in [0.2, 0.25) is 0 Å². The highest BCUT2D eigenvalue weighted by atomic mass is 32.1. The summed E-state index contributed by atoms with van der Waals surface area (Å²) >= 11 is 1.41. The Hall–Kier alpha value is -3.39. The molecule has 0 aliphatic rings. The van der Waals surface area contributed by atoms with Crippen molar-refractivity contribution in [3.8, 4) is 33.0 Å². The van der Waals surface area contributed by atoms with Crippen molar-refractivity contribution in [1.29, 1.82) is 0 Å². The van der Waals surface area contributed by atoms with Crippen LogP contribution < -0.4 is 5.48 Å². The lowest BCUT2D eigenvalue weighted by Crippen LogP contribution is -2.76. The molecule has 4 aromatic rings. The maximum atomic E-state index is 13.2. The Morgan fingerprint density at radius 1 is 1.03 bits per heavy atom. The highest BCUT2D eigenvalue weighted by molar-refractivity contribution is 7.13. The average Bonchev–Trinajstić information content (AvgIpc) is 3.25. The van der Waals surface area contributed by atoms with Gasteiger partial charge in [-0.1, -0.05) is 24.3 Å². The van der Waals surface area contributed by atoms with Gasteiger partial charge in [-0.3, -0.25) is 0 Å². The minimum Gasteiger partial charge on any atom is -0.478 e. The van der Waals surface area contributed by atoms with Crippen LogP contribution in [0.25, 0.3) is 33.0 Å². The number of rotatable bonds is 6. The molecule has 5 nitrogen and oxygen atoms in total. The number of halogens is 1. The highest BCUT2D eigenvalue weighted by Crippen LogP contribution is 2.34. The van der Waals surface area contributed by atoms with Crippen LogP contribution in [0.5, 0.6) is 0 Å². The number of thiazole rings is 1. The maximum Gasteiger partial charge on any atom is 0.336 e. The second-order valence-electron chi connectivity index (χ2n) is 6.55. The zero-order chi connectivity index (χ0) is 21.1. The van der Waals surface area contributed by atoms with E-state index in [2.05, 4.69) is 4.98 Å². The third kappa shape index (κ3) is 3.99. The number of quaternary nitrogens is 1. The fourth-order valence-electron chi connectivity index (χ4n) is 3.22. The van der Waals surface area contributed by atoms with E-state index in [9.17, 15) is 14.3 Å². The zero-order valence-corrected chi connectivity index (χ0v) is 16.8. The van der Waals surface area contributed by atoms with Gasteiger partial charge in [0, 0.05) is 33.7 Å². The first-order chi connectivity index (χ1) is 14.6. The summed E-state index contributed by atoms with van der Waals surface area (Å²) in [7, 11) is 1.55. The van der Waals surface area contributed by atoms with Crippen LogP contribution in [0.1, 0.15) is 10.4 Å². The van der Waals surface area contributed by atoms with Gasteiger partial charge in [0.2, 0.25) is 0 Å². The molecule has 0 saturated carbocycles. The van der Waals surface area contributed by atoms with E-state index in [0.29, 0.717) is 16.1 Å². The molecule has 7 heteroatoms. The number of aromatic carboxylic acids is 1. The van der Waals surface area contributed by atoms with Crippen molar-refractivity contribution in [2.24, 2.45) is 0 Å². The average molecular weight is 421 g/mol. The molecule has 150 valence electrons. The van der Waals surface area contributed by atoms with E-state index < -0.39 is 5.97 Å². The van der Waals surface area contributed by atoms with Gasteiger partial charge in [-0.15, -0.1) is 11.3 Å². The van der Waals surface area contributed by atoms with Crippen LogP contribution in [-0.4, -0.2) is 23.2 Å². The van der Waals surface area contributed by atoms with Gasteiger partial charge in [-0.25, -0.2) is 19.0 Å². The predicted octanol–water partition coefficient (Wildman–Crippen LogP) is 4.74. The first kappa shape index (κ1) is 19.9. The van der Waals surface area contributed by atoms with E-state index in [1.165, 1.54) is 23.5 Å². The van der Waals surface area contributed by atoms with Crippen LogP contribution in [0.3, 0.4) is 0 Å². The van der Waals surface area contributed by atoms with Gasteiger partial charge in [0.05, 0.1) is 18.4 Å². The molecule has 3 aromatic carbocycles. The first-order valence-corrected chi connectivity index (χ1v) is 9.99. The Kier molecular flexibility index (Phi) is 5.67. The number of benzene rings is 3. The molecular weight excluding hydrogens is 403 g/mol. The Morgan fingerprint density at radius 3 is 2.50 bits per heavy atom. The van der Waals surface area contributed by atoms with E-state index in [0.717, 1.165) is 22.5 Å². The number of carboxylic acid groups (broad SMARTS) is 1. The minimum atomic E-state index is -1.02. The molecule has 0 aliphatic heterocycles. The predicted molar refractivity (Wildman–Crippen MR) is 114 cm³/mol. The van der Waals surface area contributed by atoms with Crippen molar-refractivity contribution >= 4 is 23.0 Å². The molecule has 3 N–H and O–H groups in total. The number of carboxylic acids is 1. The van der Waals surface area contributed by atoms with Crippen molar-refractivity contribution in [3.05, 3.63) is 83.5 Å². The number of aromatic nitrogens is 1. The molecular formula is C23H18FN2O3S+. The van der Waals surface area contributed by atoms with E-state index in [1.54, 1.807) is 36.9 Å². The van der Waals surface area contributed by atoms with Crippen molar-refractivity contribution < 1.29 is 24.6 Å². The fraction of sp³-hybridized carbons (Fsp3) is 0.0435.